The van der Waals surface area contributed by atoms with Crippen LogP contribution in [0.4, 0.5) is 5.95 Å². The minimum atomic E-state index is 0.144. The Labute approximate surface area is 121 Å². The second-order valence-corrected chi connectivity index (χ2v) is 4.87. The van der Waals surface area contributed by atoms with Crippen LogP contribution in [0.5, 0.6) is 0 Å². The van der Waals surface area contributed by atoms with Gasteiger partial charge >= 0.3 is 0 Å². The Kier molecular flexibility index (Phi) is 4.08. The minimum Gasteiger partial charge on any atom is -0.378 e. The molecule has 0 aromatic carbocycles. The lowest BCUT2D eigenvalue weighted by Crippen LogP contribution is -2.15. The van der Waals surface area contributed by atoms with Crippen molar-refractivity contribution in [2.45, 2.75) is 25.4 Å². The Morgan fingerprint density at radius 1 is 1.40 bits per heavy atom. The normalized spacial score (nSPS) is 18.4. The molecule has 1 saturated heterocycles. The van der Waals surface area contributed by atoms with Crippen LogP contribution in [0.1, 0.15) is 19.3 Å². The number of hydrogen-bond donors (Lipinski definition) is 1. The summed E-state index contributed by atoms with van der Waals surface area (Å²) in [5, 5.41) is 7.36. The van der Waals surface area contributed by atoms with Gasteiger partial charge in [-0.05, 0) is 36.9 Å². The zero-order chi connectivity index (χ0) is 13.8. The highest BCUT2D eigenvalue weighted by atomic mass is 35.5. The van der Waals surface area contributed by atoms with Crippen LogP contribution in [-0.2, 0) is 4.74 Å². The number of nitrogens with one attached hydrogen (secondary N) is 1. The summed E-state index contributed by atoms with van der Waals surface area (Å²) in [5.74, 6) is 0.850. The van der Waals surface area contributed by atoms with Crippen LogP contribution in [0.3, 0.4) is 0 Å². The molecular formula is C12H15ClN6O. The minimum absolute atomic E-state index is 0.144. The molecule has 3 heterocycles. The van der Waals surface area contributed by atoms with E-state index in [1.165, 1.54) is 0 Å². The van der Waals surface area contributed by atoms with Crippen molar-refractivity contribution >= 4 is 17.5 Å². The standard InChI is InChI=1S/C12H15ClN6O/c13-10-16-11(14-6-4-9-3-1-8-20-9)18-12(17-10)19-7-2-5-15-19/h2,5,7,9H,1,3-4,6,8H2,(H,14,16,17,18). The van der Waals surface area contributed by atoms with E-state index in [0.717, 1.165) is 32.4 Å². The zero-order valence-electron chi connectivity index (χ0n) is 10.9. The highest BCUT2D eigenvalue weighted by Gasteiger charge is 2.15. The lowest BCUT2D eigenvalue weighted by Gasteiger charge is -2.10. The second-order valence-electron chi connectivity index (χ2n) is 4.53. The third kappa shape index (κ3) is 3.23. The molecule has 1 atom stereocenters. The van der Waals surface area contributed by atoms with Crippen molar-refractivity contribution in [3.05, 3.63) is 23.7 Å². The van der Waals surface area contributed by atoms with Gasteiger partial charge in [0.05, 0.1) is 6.10 Å². The van der Waals surface area contributed by atoms with E-state index in [1.54, 1.807) is 23.1 Å². The SMILES string of the molecule is Clc1nc(NCCC2CCCO2)nc(-n2cccn2)n1. The van der Waals surface area contributed by atoms with Crippen LogP contribution in [0, 0.1) is 0 Å². The highest BCUT2D eigenvalue weighted by molar-refractivity contribution is 6.28. The molecule has 3 rings (SSSR count). The predicted octanol–water partition coefficient (Wildman–Crippen LogP) is 1.69. The molecule has 8 heteroatoms. The van der Waals surface area contributed by atoms with Crippen LogP contribution in [0.25, 0.3) is 5.95 Å². The van der Waals surface area contributed by atoms with Crippen molar-refractivity contribution in [2.75, 3.05) is 18.5 Å². The van der Waals surface area contributed by atoms with Crippen molar-refractivity contribution in [1.29, 1.82) is 0 Å². The van der Waals surface area contributed by atoms with Crippen LogP contribution >= 0.6 is 11.6 Å². The maximum atomic E-state index is 5.90. The van der Waals surface area contributed by atoms with Gasteiger partial charge in [-0.2, -0.15) is 20.1 Å². The van der Waals surface area contributed by atoms with Gasteiger partial charge in [-0.15, -0.1) is 0 Å². The summed E-state index contributed by atoms with van der Waals surface area (Å²) >= 11 is 5.90. The summed E-state index contributed by atoms with van der Waals surface area (Å²) in [6.07, 6.45) is 6.94. The molecule has 1 aliphatic rings. The molecule has 2 aromatic heterocycles. The van der Waals surface area contributed by atoms with Crippen molar-refractivity contribution in [3.63, 3.8) is 0 Å². The van der Waals surface area contributed by atoms with Gasteiger partial charge in [0.2, 0.25) is 11.2 Å². The molecule has 0 saturated carbocycles. The van der Waals surface area contributed by atoms with E-state index in [-0.39, 0.29) is 5.28 Å². The smallest absolute Gasteiger partial charge is 0.256 e. The van der Waals surface area contributed by atoms with Crippen LogP contribution in [0.2, 0.25) is 5.28 Å². The lowest BCUT2D eigenvalue weighted by molar-refractivity contribution is 0.107. The molecule has 0 amide bonds. The van der Waals surface area contributed by atoms with E-state index in [0.29, 0.717) is 18.0 Å². The molecule has 20 heavy (non-hydrogen) atoms. The molecule has 0 bridgehead atoms. The third-order valence-corrected chi connectivity index (χ3v) is 3.25. The maximum absolute atomic E-state index is 5.90. The topological polar surface area (TPSA) is 77.8 Å². The fourth-order valence-corrected chi connectivity index (χ4v) is 2.28. The van der Waals surface area contributed by atoms with E-state index in [9.17, 15) is 0 Å². The number of nitrogens with zero attached hydrogens (tertiary/aromatic N) is 5. The Hall–Kier alpha value is -1.73. The van der Waals surface area contributed by atoms with E-state index < -0.39 is 0 Å². The van der Waals surface area contributed by atoms with Gasteiger partial charge < -0.3 is 10.1 Å². The molecule has 7 nitrogen and oxygen atoms in total. The van der Waals surface area contributed by atoms with E-state index in [1.807, 2.05) is 0 Å². The number of aromatic nitrogens is 5. The second kappa shape index (κ2) is 6.15. The number of ether oxygens (including phenoxy) is 1. The van der Waals surface area contributed by atoms with Gasteiger partial charge in [-0.3, -0.25) is 0 Å². The molecular weight excluding hydrogens is 280 g/mol. The Balaban J connectivity index is 1.63. The lowest BCUT2D eigenvalue weighted by atomic mass is 10.2. The van der Waals surface area contributed by atoms with E-state index in [4.69, 9.17) is 16.3 Å². The van der Waals surface area contributed by atoms with Crippen molar-refractivity contribution in [1.82, 2.24) is 24.7 Å². The van der Waals surface area contributed by atoms with Gasteiger partial charge in [0.15, 0.2) is 0 Å². The van der Waals surface area contributed by atoms with Gasteiger partial charge in [0.25, 0.3) is 5.95 Å². The van der Waals surface area contributed by atoms with Gasteiger partial charge in [-0.1, -0.05) is 0 Å². The average molecular weight is 295 g/mol. The molecule has 1 aliphatic heterocycles. The van der Waals surface area contributed by atoms with Crippen LogP contribution < -0.4 is 5.32 Å². The predicted molar refractivity (Wildman–Crippen MR) is 74.0 cm³/mol. The largest absolute Gasteiger partial charge is 0.378 e. The van der Waals surface area contributed by atoms with Crippen molar-refractivity contribution in [2.24, 2.45) is 0 Å². The maximum Gasteiger partial charge on any atom is 0.256 e. The van der Waals surface area contributed by atoms with Crippen LogP contribution in [0.15, 0.2) is 18.5 Å². The number of halogens is 1. The Morgan fingerprint density at radius 3 is 3.10 bits per heavy atom. The molecule has 2 aromatic rings. The quantitative estimate of drug-likeness (QED) is 0.904. The molecule has 1 unspecified atom stereocenters. The molecule has 1 N–H and O–H groups in total. The fraction of sp³-hybridized carbons (Fsp3) is 0.500. The van der Waals surface area contributed by atoms with E-state index >= 15 is 0 Å². The average Bonchev–Trinajstić information content (AvgIpc) is 3.11. The Bertz CT molecular complexity index is 555. The molecule has 1 fully saturated rings. The highest BCUT2D eigenvalue weighted by Crippen LogP contribution is 2.15. The number of rotatable bonds is 5. The Morgan fingerprint density at radius 2 is 2.35 bits per heavy atom. The van der Waals surface area contributed by atoms with Gasteiger partial charge in [0, 0.05) is 25.5 Å². The van der Waals surface area contributed by atoms with Crippen LogP contribution in [-0.4, -0.2) is 44.0 Å². The first kappa shape index (κ1) is 13.3. The first-order valence-corrected chi connectivity index (χ1v) is 6.96. The molecule has 0 spiro atoms. The first-order chi connectivity index (χ1) is 9.81. The third-order valence-electron chi connectivity index (χ3n) is 3.08. The van der Waals surface area contributed by atoms with E-state index in [2.05, 4.69) is 25.4 Å². The summed E-state index contributed by atoms with van der Waals surface area (Å²) in [7, 11) is 0. The first-order valence-electron chi connectivity index (χ1n) is 6.58. The van der Waals surface area contributed by atoms with Crippen molar-refractivity contribution < 1.29 is 4.74 Å². The molecule has 106 valence electrons. The summed E-state index contributed by atoms with van der Waals surface area (Å²) in [6, 6.07) is 1.79. The van der Waals surface area contributed by atoms with Crippen molar-refractivity contribution in [3.8, 4) is 5.95 Å². The zero-order valence-corrected chi connectivity index (χ0v) is 11.6. The fourth-order valence-electron chi connectivity index (χ4n) is 2.13. The summed E-state index contributed by atoms with van der Waals surface area (Å²) in [6.45, 7) is 1.61. The monoisotopic (exact) mass is 294 g/mol. The molecule has 0 radical (unpaired) electrons. The van der Waals surface area contributed by atoms with Gasteiger partial charge in [0.1, 0.15) is 0 Å². The number of hydrogen-bond acceptors (Lipinski definition) is 6. The summed E-state index contributed by atoms with van der Waals surface area (Å²) in [5.41, 5.74) is 0. The molecule has 0 aliphatic carbocycles. The number of anilines is 1. The summed E-state index contributed by atoms with van der Waals surface area (Å²) in [4.78, 5) is 12.4. The van der Waals surface area contributed by atoms with Gasteiger partial charge in [-0.25, -0.2) is 4.68 Å². The summed E-state index contributed by atoms with van der Waals surface area (Å²) < 4.78 is 7.10.